The van der Waals surface area contributed by atoms with Gasteiger partial charge < -0.3 is 5.11 Å². The first-order chi connectivity index (χ1) is 7.53. The van der Waals surface area contributed by atoms with Gasteiger partial charge in [0, 0.05) is 0 Å². The lowest BCUT2D eigenvalue weighted by atomic mass is 10.3. The van der Waals surface area contributed by atoms with Crippen molar-refractivity contribution in [3.05, 3.63) is 29.3 Å². The molecule has 0 aromatic heterocycles. The summed E-state index contributed by atoms with van der Waals surface area (Å²) in [5.74, 6) is 0. The first-order valence-electron chi connectivity index (χ1n) is 5.20. The van der Waals surface area contributed by atoms with Gasteiger partial charge in [0.15, 0.2) is 9.84 Å². The Morgan fingerprint density at radius 3 is 2.50 bits per heavy atom. The summed E-state index contributed by atoms with van der Waals surface area (Å²) in [6.45, 7) is 0. The zero-order chi connectivity index (χ0) is 11.8. The molecular formula is C11H13ClO3S. The zero-order valence-corrected chi connectivity index (χ0v) is 10.2. The molecule has 2 unspecified atom stereocenters. The fourth-order valence-corrected chi connectivity index (χ4v) is 4.53. The molecule has 0 bridgehead atoms. The standard InChI is InChI=1S/C11H13ClO3S/c12-8-4-1-2-6-10(8)16(14,15)11-7-3-5-9(11)13/h1-2,4,6,9,11,13H,3,5,7H2. The van der Waals surface area contributed by atoms with Crippen LogP contribution in [0.3, 0.4) is 0 Å². The van der Waals surface area contributed by atoms with E-state index in [1.807, 2.05) is 0 Å². The number of aliphatic hydroxyl groups excluding tert-OH is 1. The molecule has 1 saturated carbocycles. The number of rotatable bonds is 2. The molecule has 16 heavy (non-hydrogen) atoms. The second-order valence-corrected chi connectivity index (χ2v) is 6.55. The van der Waals surface area contributed by atoms with Crippen molar-refractivity contribution in [1.82, 2.24) is 0 Å². The monoisotopic (exact) mass is 260 g/mol. The highest BCUT2D eigenvalue weighted by molar-refractivity contribution is 7.92. The third-order valence-electron chi connectivity index (χ3n) is 2.96. The first-order valence-corrected chi connectivity index (χ1v) is 7.12. The third kappa shape index (κ3) is 1.97. The molecule has 1 aliphatic carbocycles. The van der Waals surface area contributed by atoms with Crippen molar-refractivity contribution in [2.24, 2.45) is 0 Å². The van der Waals surface area contributed by atoms with Crippen molar-refractivity contribution in [2.75, 3.05) is 0 Å². The zero-order valence-electron chi connectivity index (χ0n) is 8.64. The highest BCUT2D eigenvalue weighted by Gasteiger charge is 2.38. The smallest absolute Gasteiger partial charge is 0.185 e. The highest BCUT2D eigenvalue weighted by atomic mass is 35.5. The maximum Gasteiger partial charge on any atom is 0.185 e. The molecule has 1 aromatic rings. The van der Waals surface area contributed by atoms with Gasteiger partial charge >= 0.3 is 0 Å². The van der Waals surface area contributed by atoms with Crippen molar-refractivity contribution in [2.45, 2.75) is 35.5 Å². The Morgan fingerprint density at radius 1 is 1.25 bits per heavy atom. The molecular weight excluding hydrogens is 248 g/mol. The minimum absolute atomic E-state index is 0.127. The van der Waals surface area contributed by atoms with Crippen LogP contribution in [-0.2, 0) is 9.84 Å². The second kappa shape index (κ2) is 4.35. The lowest BCUT2D eigenvalue weighted by molar-refractivity contribution is 0.185. The molecule has 0 aliphatic heterocycles. The molecule has 0 saturated heterocycles. The average Bonchev–Trinajstić information content (AvgIpc) is 2.65. The number of hydrogen-bond donors (Lipinski definition) is 1. The fourth-order valence-electron chi connectivity index (χ4n) is 2.11. The van der Waals surface area contributed by atoms with Gasteiger partial charge in [-0.25, -0.2) is 8.42 Å². The van der Waals surface area contributed by atoms with Crippen LogP contribution >= 0.6 is 11.6 Å². The SMILES string of the molecule is O=S(=O)(c1ccccc1Cl)C1CCCC1O. The van der Waals surface area contributed by atoms with E-state index >= 15 is 0 Å². The van der Waals surface area contributed by atoms with E-state index in [4.69, 9.17) is 11.6 Å². The summed E-state index contributed by atoms with van der Waals surface area (Å²) in [7, 11) is -3.50. The number of benzene rings is 1. The molecule has 0 radical (unpaired) electrons. The van der Waals surface area contributed by atoms with E-state index in [1.54, 1.807) is 18.2 Å². The van der Waals surface area contributed by atoms with Gasteiger partial charge in [-0.05, 0) is 31.4 Å². The Labute approximate surface area is 100.0 Å². The lowest BCUT2D eigenvalue weighted by Crippen LogP contribution is -2.29. The van der Waals surface area contributed by atoms with Gasteiger partial charge in [-0.15, -0.1) is 0 Å². The lowest BCUT2D eigenvalue weighted by Gasteiger charge is -2.16. The normalized spacial score (nSPS) is 25.9. The minimum atomic E-state index is -3.50. The van der Waals surface area contributed by atoms with Crippen molar-refractivity contribution < 1.29 is 13.5 Å². The number of halogens is 1. The minimum Gasteiger partial charge on any atom is -0.392 e. The Hall–Kier alpha value is -0.580. The van der Waals surface area contributed by atoms with Crippen LogP contribution in [0.4, 0.5) is 0 Å². The third-order valence-corrected chi connectivity index (χ3v) is 5.72. The maximum atomic E-state index is 12.2. The molecule has 2 rings (SSSR count). The van der Waals surface area contributed by atoms with Gasteiger partial charge in [0.1, 0.15) is 0 Å². The van der Waals surface area contributed by atoms with Crippen LogP contribution in [0, 0.1) is 0 Å². The molecule has 88 valence electrons. The van der Waals surface area contributed by atoms with Gasteiger partial charge in [-0.2, -0.15) is 0 Å². The molecule has 2 atom stereocenters. The van der Waals surface area contributed by atoms with Crippen molar-refractivity contribution in [3.8, 4) is 0 Å². The van der Waals surface area contributed by atoms with Crippen LogP contribution in [0.2, 0.25) is 5.02 Å². The van der Waals surface area contributed by atoms with Crippen molar-refractivity contribution >= 4 is 21.4 Å². The fraction of sp³-hybridized carbons (Fsp3) is 0.455. The van der Waals surface area contributed by atoms with Crippen molar-refractivity contribution in [1.29, 1.82) is 0 Å². The molecule has 0 amide bonds. The van der Waals surface area contributed by atoms with E-state index < -0.39 is 21.2 Å². The van der Waals surface area contributed by atoms with Gasteiger partial charge in [0.2, 0.25) is 0 Å². The van der Waals surface area contributed by atoms with Gasteiger partial charge in [0.05, 0.1) is 21.3 Å². The quantitative estimate of drug-likeness (QED) is 0.885. The van der Waals surface area contributed by atoms with Gasteiger partial charge in [-0.3, -0.25) is 0 Å². The maximum absolute atomic E-state index is 12.2. The Balaban J connectivity index is 2.43. The van der Waals surface area contributed by atoms with Gasteiger partial charge in [-0.1, -0.05) is 23.7 Å². The Kier molecular flexibility index (Phi) is 3.24. The highest BCUT2D eigenvalue weighted by Crippen LogP contribution is 2.32. The van der Waals surface area contributed by atoms with Crippen molar-refractivity contribution in [3.63, 3.8) is 0 Å². The van der Waals surface area contributed by atoms with E-state index in [1.165, 1.54) is 6.07 Å². The average molecular weight is 261 g/mol. The predicted octanol–water partition coefficient (Wildman–Crippen LogP) is 2.03. The summed E-state index contributed by atoms with van der Waals surface area (Å²) in [6, 6.07) is 6.37. The molecule has 1 N–H and O–H groups in total. The van der Waals surface area contributed by atoms with E-state index in [-0.39, 0.29) is 9.92 Å². The number of sulfone groups is 1. The predicted molar refractivity (Wildman–Crippen MR) is 62.3 cm³/mol. The molecule has 5 heteroatoms. The second-order valence-electron chi connectivity index (χ2n) is 4.01. The summed E-state index contributed by atoms with van der Waals surface area (Å²) in [6.07, 6.45) is 1.04. The molecule has 0 heterocycles. The van der Waals surface area contributed by atoms with E-state index in [9.17, 15) is 13.5 Å². The van der Waals surface area contributed by atoms with Crippen LogP contribution in [0.25, 0.3) is 0 Å². The van der Waals surface area contributed by atoms with Crippen LogP contribution in [-0.4, -0.2) is 24.9 Å². The largest absolute Gasteiger partial charge is 0.392 e. The summed E-state index contributed by atoms with van der Waals surface area (Å²) >= 11 is 5.87. The summed E-state index contributed by atoms with van der Waals surface area (Å²) < 4.78 is 24.4. The first kappa shape index (κ1) is 11.9. The number of hydrogen-bond acceptors (Lipinski definition) is 3. The summed E-state index contributed by atoms with van der Waals surface area (Å²) in [5.41, 5.74) is 0. The Morgan fingerprint density at radius 2 is 1.94 bits per heavy atom. The molecule has 1 fully saturated rings. The summed E-state index contributed by atoms with van der Waals surface area (Å²) in [4.78, 5) is 0.127. The molecule has 3 nitrogen and oxygen atoms in total. The molecule has 1 aliphatic rings. The van der Waals surface area contributed by atoms with E-state index in [2.05, 4.69) is 0 Å². The Bertz CT molecular complexity index is 484. The van der Waals surface area contributed by atoms with E-state index in [0.29, 0.717) is 12.8 Å². The van der Waals surface area contributed by atoms with E-state index in [0.717, 1.165) is 6.42 Å². The van der Waals surface area contributed by atoms with Crippen LogP contribution in [0.15, 0.2) is 29.2 Å². The molecule has 1 aromatic carbocycles. The van der Waals surface area contributed by atoms with Gasteiger partial charge in [0.25, 0.3) is 0 Å². The van der Waals surface area contributed by atoms with Crippen LogP contribution in [0.5, 0.6) is 0 Å². The molecule has 0 spiro atoms. The summed E-state index contributed by atoms with van der Waals surface area (Å²) in [5, 5.41) is 9.18. The topological polar surface area (TPSA) is 54.4 Å². The van der Waals surface area contributed by atoms with Crippen LogP contribution < -0.4 is 0 Å². The number of aliphatic hydroxyl groups is 1. The van der Waals surface area contributed by atoms with Crippen LogP contribution in [0.1, 0.15) is 19.3 Å².